The molecule has 0 aliphatic carbocycles. The molecule has 1 aromatic heterocycles. The first kappa shape index (κ1) is 13.7. The summed E-state index contributed by atoms with van der Waals surface area (Å²) < 4.78 is 5.17. The number of carboxylic acids is 1. The first-order valence-electron chi connectivity index (χ1n) is 5.16. The molecular formula is C11H6ClN3O5. The minimum atomic E-state index is -1.30. The number of hydrogen-bond acceptors (Lipinski definition) is 6. The number of aromatic carboxylic acids is 1. The van der Waals surface area contributed by atoms with Crippen molar-refractivity contribution in [2.24, 2.45) is 0 Å². The van der Waals surface area contributed by atoms with E-state index >= 15 is 0 Å². The van der Waals surface area contributed by atoms with Crippen molar-refractivity contribution in [2.45, 2.75) is 0 Å². The summed E-state index contributed by atoms with van der Waals surface area (Å²) in [5.74, 6) is -1.97. The fraction of sp³-hybridized carbons (Fsp3) is 0. The fourth-order valence-electron chi connectivity index (χ4n) is 1.40. The maximum absolute atomic E-state index is 11.0. The van der Waals surface area contributed by atoms with Crippen molar-refractivity contribution >= 4 is 23.3 Å². The number of hydrogen-bond donors (Lipinski definition) is 1. The van der Waals surface area contributed by atoms with Crippen molar-refractivity contribution in [1.82, 2.24) is 10.2 Å². The normalized spacial score (nSPS) is 10.1. The smallest absolute Gasteiger partial charge is 0.341 e. The van der Waals surface area contributed by atoms with Crippen LogP contribution in [0.25, 0.3) is 0 Å². The quantitative estimate of drug-likeness (QED) is 0.680. The zero-order valence-electron chi connectivity index (χ0n) is 9.69. The van der Waals surface area contributed by atoms with Crippen LogP contribution in [0.5, 0.6) is 11.6 Å². The SMILES string of the molecule is O=C(O)c1ccnnc1Oc1c(Cl)cccc1[N+](=O)[O-]. The van der Waals surface area contributed by atoms with Gasteiger partial charge in [0.05, 0.1) is 16.1 Å². The van der Waals surface area contributed by atoms with Gasteiger partial charge in [0.25, 0.3) is 5.88 Å². The van der Waals surface area contributed by atoms with Gasteiger partial charge in [-0.1, -0.05) is 17.7 Å². The molecule has 0 aliphatic heterocycles. The van der Waals surface area contributed by atoms with Crippen LogP contribution >= 0.6 is 11.6 Å². The molecule has 0 saturated carbocycles. The minimum absolute atomic E-state index is 0.0406. The Morgan fingerprint density at radius 3 is 2.80 bits per heavy atom. The van der Waals surface area contributed by atoms with Gasteiger partial charge in [-0.25, -0.2) is 4.79 Å². The molecule has 1 N–H and O–H groups in total. The number of para-hydroxylation sites is 1. The lowest BCUT2D eigenvalue weighted by atomic mass is 10.3. The Labute approximate surface area is 116 Å². The molecule has 0 radical (unpaired) electrons. The monoisotopic (exact) mass is 295 g/mol. The highest BCUT2D eigenvalue weighted by Crippen LogP contribution is 2.37. The molecule has 2 rings (SSSR count). The number of benzene rings is 1. The number of carbonyl (C=O) groups is 1. The fourth-order valence-corrected chi connectivity index (χ4v) is 1.60. The van der Waals surface area contributed by atoms with E-state index in [1.165, 1.54) is 18.2 Å². The maximum Gasteiger partial charge on any atom is 0.341 e. The summed E-state index contributed by atoms with van der Waals surface area (Å²) in [5, 5.41) is 26.8. The lowest BCUT2D eigenvalue weighted by Crippen LogP contribution is -2.04. The second-order valence-corrected chi connectivity index (χ2v) is 3.91. The minimum Gasteiger partial charge on any atom is -0.477 e. The van der Waals surface area contributed by atoms with Crippen molar-refractivity contribution in [1.29, 1.82) is 0 Å². The van der Waals surface area contributed by atoms with Crippen LogP contribution in [0.1, 0.15) is 10.4 Å². The number of ether oxygens (including phenoxy) is 1. The van der Waals surface area contributed by atoms with Crippen LogP contribution in [-0.4, -0.2) is 26.2 Å². The van der Waals surface area contributed by atoms with Gasteiger partial charge in [-0.3, -0.25) is 10.1 Å². The third-order valence-corrected chi connectivity index (χ3v) is 2.56. The summed E-state index contributed by atoms with van der Waals surface area (Å²) in [7, 11) is 0. The van der Waals surface area contributed by atoms with Crippen LogP contribution in [0.3, 0.4) is 0 Å². The Morgan fingerprint density at radius 2 is 2.15 bits per heavy atom. The van der Waals surface area contributed by atoms with E-state index in [0.29, 0.717) is 0 Å². The first-order chi connectivity index (χ1) is 9.50. The van der Waals surface area contributed by atoms with Crippen LogP contribution < -0.4 is 4.74 Å². The summed E-state index contributed by atoms with van der Waals surface area (Å²) in [4.78, 5) is 21.2. The van der Waals surface area contributed by atoms with Gasteiger partial charge in [0.1, 0.15) is 5.56 Å². The summed E-state index contributed by atoms with van der Waals surface area (Å²) in [6.45, 7) is 0. The molecule has 0 spiro atoms. The predicted octanol–water partition coefficient (Wildman–Crippen LogP) is 2.53. The van der Waals surface area contributed by atoms with Crippen LogP contribution in [-0.2, 0) is 0 Å². The standard InChI is InChI=1S/C11H6ClN3O5/c12-7-2-1-3-8(15(18)19)9(7)20-10-6(11(16)17)4-5-13-14-10/h1-5H,(H,16,17). The number of aromatic nitrogens is 2. The molecule has 0 bridgehead atoms. The number of carboxylic acid groups (broad SMARTS) is 1. The molecule has 102 valence electrons. The number of halogens is 1. The lowest BCUT2D eigenvalue weighted by Gasteiger charge is -2.08. The molecule has 20 heavy (non-hydrogen) atoms. The molecule has 0 unspecified atom stereocenters. The average molecular weight is 296 g/mol. The Kier molecular flexibility index (Phi) is 3.76. The van der Waals surface area contributed by atoms with E-state index in [1.54, 1.807) is 0 Å². The number of nitro groups is 1. The summed E-state index contributed by atoms with van der Waals surface area (Å²) in [6.07, 6.45) is 1.16. The van der Waals surface area contributed by atoms with E-state index < -0.39 is 16.6 Å². The molecule has 0 fully saturated rings. The second-order valence-electron chi connectivity index (χ2n) is 3.50. The molecule has 0 aliphatic rings. The zero-order valence-corrected chi connectivity index (χ0v) is 10.4. The molecule has 1 aromatic carbocycles. The first-order valence-corrected chi connectivity index (χ1v) is 5.54. The zero-order chi connectivity index (χ0) is 14.7. The van der Waals surface area contributed by atoms with Crippen LogP contribution in [0, 0.1) is 10.1 Å². The highest BCUT2D eigenvalue weighted by Gasteiger charge is 2.22. The highest BCUT2D eigenvalue weighted by atomic mass is 35.5. The lowest BCUT2D eigenvalue weighted by molar-refractivity contribution is -0.385. The maximum atomic E-state index is 11.0. The molecule has 0 atom stereocenters. The molecule has 2 aromatic rings. The van der Waals surface area contributed by atoms with E-state index in [9.17, 15) is 14.9 Å². The molecular weight excluding hydrogens is 290 g/mol. The van der Waals surface area contributed by atoms with Gasteiger partial charge in [-0.15, -0.1) is 5.10 Å². The van der Waals surface area contributed by atoms with Crippen LogP contribution in [0.2, 0.25) is 5.02 Å². The molecule has 0 amide bonds. The van der Waals surface area contributed by atoms with E-state index in [1.807, 2.05) is 0 Å². The van der Waals surface area contributed by atoms with Gasteiger partial charge in [0, 0.05) is 6.07 Å². The largest absolute Gasteiger partial charge is 0.477 e. The molecule has 0 saturated heterocycles. The molecule has 1 heterocycles. The summed E-state index contributed by atoms with van der Waals surface area (Å²) in [6, 6.07) is 5.09. The molecule has 8 nitrogen and oxygen atoms in total. The predicted molar refractivity (Wildman–Crippen MR) is 67.2 cm³/mol. The Morgan fingerprint density at radius 1 is 1.40 bits per heavy atom. The third-order valence-electron chi connectivity index (χ3n) is 2.26. The molecule has 9 heteroatoms. The van der Waals surface area contributed by atoms with E-state index in [2.05, 4.69) is 10.2 Å². The Balaban J connectivity index is 2.51. The third kappa shape index (κ3) is 2.64. The second kappa shape index (κ2) is 5.49. The van der Waals surface area contributed by atoms with Gasteiger partial charge >= 0.3 is 11.7 Å². The number of nitrogens with zero attached hydrogens (tertiary/aromatic N) is 3. The topological polar surface area (TPSA) is 115 Å². The number of nitro benzene ring substituents is 1. The van der Waals surface area contributed by atoms with Gasteiger partial charge in [0.2, 0.25) is 5.75 Å². The van der Waals surface area contributed by atoms with Crippen LogP contribution in [0.4, 0.5) is 5.69 Å². The summed E-state index contributed by atoms with van der Waals surface area (Å²) >= 11 is 5.83. The highest BCUT2D eigenvalue weighted by molar-refractivity contribution is 6.32. The van der Waals surface area contributed by atoms with Crippen molar-refractivity contribution in [3.05, 3.63) is 51.2 Å². The average Bonchev–Trinajstić information content (AvgIpc) is 2.41. The van der Waals surface area contributed by atoms with E-state index in [0.717, 1.165) is 12.3 Å². The Bertz CT molecular complexity index is 692. The van der Waals surface area contributed by atoms with Crippen LogP contribution in [0.15, 0.2) is 30.5 Å². The van der Waals surface area contributed by atoms with Crippen molar-refractivity contribution < 1.29 is 19.6 Å². The van der Waals surface area contributed by atoms with Gasteiger partial charge in [0.15, 0.2) is 0 Å². The van der Waals surface area contributed by atoms with Gasteiger partial charge in [-0.05, 0) is 12.1 Å². The van der Waals surface area contributed by atoms with E-state index in [-0.39, 0.29) is 22.2 Å². The van der Waals surface area contributed by atoms with Gasteiger partial charge in [-0.2, -0.15) is 5.10 Å². The van der Waals surface area contributed by atoms with Gasteiger partial charge < -0.3 is 9.84 Å². The summed E-state index contributed by atoms with van der Waals surface area (Å²) in [5.41, 5.74) is -0.686. The van der Waals surface area contributed by atoms with Crippen molar-refractivity contribution in [3.63, 3.8) is 0 Å². The number of rotatable bonds is 4. The van der Waals surface area contributed by atoms with E-state index in [4.69, 9.17) is 21.4 Å². The Hall–Kier alpha value is -2.74. The van der Waals surface area contributed by atoms with Crippen molar-refractivity contribution in [2.75, 3.05) is 0 Å². The van der Waals surface area contributed by atoms with Crippen molar-refractivity contribution in [3.8, 4) is 11.6 Å².